The number of nitrogens with zero attached hydrogens (tertiary/aromatic N) is 4. The first kappa shape index (κ1) is 12.4. The molecule has 2 N–H and O–H groups in total. The van der Waals surface area contributed by atoms with Crippen molar-refractivity contribution in [3.63, 3.8) is 0 Å². The number of amides is 1. The van der Waals surface area contributed by atoms with Crippen LogP contribution in [0, 0.1) is 0 Å². The van der Waals surface area contributed by atoms with Gasteiger partial charge in [0.2, 0.25) is 5.13 Å². The molecule has 18 heavy (non-hydrogen) atoms. The first-order chi connectivity index (χ1) is 8.72. The van der Waals surface area contributed by atoms with Crippen molar-refractivity contribution >= 4 is 28.2 Å². The van der Waals surface area contributed by atoms with Crippen LogP contribution in [0.4, 0.5) is 10.9 Å². The Hall–Kier alpha value is -2.09. The van der Waals surface area contributed by atoms with Crippen LogP contribution in [-0.4, -0.2) is 33.1 Å². The number of nitrogens with one attached hydrogen (secondary N) is 2. The standard InChI is InChI=1S/C10H12N6OS/c1-3-8-15-16-10(18-8)14-9(17)6-4-12-5-7(11-2)13-6/h4-5H,3H2,1-2H3,(H,11,13)(H,14,16,17). The van der Waals surface area contributed by atoms with Crippen molar-refractivity contribution in [2.75, 3.05) is 17.7 Å². The second-order valence-electron chi connectivity index (χ2n) is 3.35. The number of aromatic nitrogens is 4. The van der Waals surface area contributed by atoms with E-state index in [0.29, 0.717) is 10.9 Å². The van der Waals surface area contributed by atoms with Gasteiger partial charge in [-0.3, -0.25) is 15.1 Å². The molecule has 2 rings (SSSR count). The molecule has 7 nitrogen and oxygen atoms in total. The Balaban J connectivity index is 2.11. The third-order valence-corrected chi connectivity index (χ3v) is 3.10. The molecule has 0 unspecified atom stereocenters. The molecule has 0 aromatic carbocycles. The maximum atomic E-state index is 11.9. The molecule has 8 heteroatoms. The fraction of sp³-hybridized carbons (Fsp3) is 0.300. The Morgan fingerprint density at radius 1 is 1.39 bits per heavy atom. The zero-order valence-corrected chi connectivity index (χ0v) is 10.8. The molecule has 0 radical (unpaired) electrons. The lowest BCUT2D eigenvalue weighted by Gasteiger charge is -2.02. The van der Waals surface area contributed by atoms with Gasteiger partial charge in [0.05, 0.1) is 12.4 Å². The summed E-state index contributed by atoms with van der Waals surface area (Å²) < 4.78 is 0. The molecular formula is C10H12N6OS. The van der Waals surface area contributed by atoms with Crippen molar-refractivity contribution in [1.82, 2.24) is 20.2 Å². The molecule has 0 saturated carbocycles. The lowest BCUT2D eigenvalue weighted by molar-refractivity contribution is 0.102. The van der Waals surface area contributed by atoms with Gasteiger partial charge >= 0.3 is 0 Å². The summed E-state index contributed by atoms with van der Waals surface area (Å²) in [7, 11) is 1.71. The Kier molecular flexibility index (Phi) is 3.78. The van der Waals surface area contributed by atoms with Crippen molar-refractivity contribution in [2.24, 2.45) is 0 Å². The van der Waals surface area contributed by atoms with Gasteiger partial charge in [-0.05, 0) is 6.42 Å². The predicted molar refractivity (Wildman–Crippen MR) is 68.8 cm³/mol. The van der Waals surface area contributed by atoms with Gasteiger partial charge in [-0.15, -0.1) is 10.2 Å². The normalized spacial score (nSPS) is 10.1. The highest BCUT2D eigenvalue weighted by molar-refractivity contribution is 7.15. The summed E-state index contributed by atoms with van der Waals surface area (Å²) in [4.78, 5) is 19.9. The minimum Gasteiger partial charge on any atom is -0.372 e. The lowest BCUT2D eigenvalue weighted by atomic mass is 10.4. The zero-order valence-electron chi connectivity index (χ0n) is 9.97. The van der Waals surface area contributed by atoms with Crippen LogP contribution in [0.5, 0.6) is 0 Å². The van der Waals surface area contributed by atoms with Gasteiger partial charge in [-0.2, -0.15) is 0 Å². The van der Waals surface area contributed by atoms with E-state index in [2.05, 4.69) is 30.8 Å². The van der Waals surface area contributed by atoms with Gasteiger partial charge < -0.3 is 5.32 Å². The largest absolute Gasteiger partial charge is 0.372 e. The summed E-state index contributed by atoms with van der Waals surface area (Å²) in [6, 6.07) is 0. The summed E-state index contributed by atoms with van der Waals surface area (Å²) in [5, 5.41) is 14.6. The van der Waals surface area contributed by atoms with E-state index < -0.39 is 0 Å². The highest BCUT2D eigenvalue weighted by Crippen LogP contribution is 2.16. The molecule has 0 spiro atoms. The van der Waals surface area contributed by atoms with E-state index in [-0.39, 0.29) is 11.6 Å². The molecule has 2 aromatic heterocycles. The smallest absolute Gasteiger partial charge is 0.277 e. The molecule has 2 aromatic rings. The summed E-state index contributed by atoms with van der Waals surface area (Å²) in [5.74, 6) is 0.188. The molecule has 0 aliphatic rings. The zero-order chi connectivity index (χ0) is 13.0. The third kappa shape index (κ3) is 2.77. The number of anilines is 2. The van der Waals surface area contributed by atoms with Crippen molar-refractivity contribution < 1.29 is 4.79 Å². The molecule has 0 fully saturated rings. The van der Waals surface area contributed by atoms with Crippen molar-refractivity contribution in [2.45, 2.75) is 13.3 Å². The van der Waals surface area contributed by atoms with Gasteiger partial charge in [0, 0.05) is 7.05 Å². The summed E-state index contributed by atoms with van der Waals surface area (Å²) in [6.45, 7) is 1.98. The topological polar surface area (TPSA) is 92.7 Å². The number of hydrogen-bond acceptors (Lipinski definition) is 7. The highest BCUT2D eigenvalue weighted by Gasteiger charge is 2.11. The van der Waals surface area contributed by atoms with Gasteiger partial charge in [-0.1, -0.05) is 18.3 Å². The first-order valence-corrected chi connectivity index (χ1v) is 6.18. The fourth-order valence-corrected chi connectivity index (χ4v) is 1.88. The minimum absolute atomic E-state index is 0.232. The van der Waals surface area contributed by atoms with Crippen molar-refractivity contribution in [3.8, 4) is 0 Å². The monoisotopic (exact) mass is 264 g/mol. The molecule has 0 saturated heterocycles. The lowest BCUT2D eigenvalue weighted by Crippen LogP contribution is -2.14. The van der Waals surface area contributed by atoms with E-state index >= 15 is 0 Å². The third-order valence-electron chi connectivity index (χ3n) is 2.11. The number of hydrogen-bond donors (Lipinski definition) is 2. The molecule has 0 atom stereocenters. The van der Waals surface area contributed by atoms with E-state index in [1.165, 1.54) is 23.7 Å². The van der Waals surface area contributed by atoms with Crippen LogP contribution in [-0.2, 0) is 6.42 Å². The van der Waals surface area contributed by atoms with E-state index in [0.717, 1.165) is 11.4 Å². The fourth-order valence-electron chi connectivity index (χ4n) is 1.20. The molecule has 1 amide bonds. The van der Waals surface area contributed by atoms with Gasteiger partial charge in [-0.25, -0.2) is 4.98 Å². The maximum Gasteiger partial charge on any atom is 0.277 e. The second-order valence-corrected chi connectivity index (χ2v) is 4.41. The molecular weight excluding hydrogens is 252 g/mol. The van der Waals surface area contributed by atoms with Crippen LogP contribution in [0.2, 0.25) is 0 Å². The quantitative estimate of drug-likeness (QED) is 0.861. The summed E-state index contributed by atoms with van der Waals surface area (Å²) in [6.07, 6.45) is 3.73. The molecule has 2 heterocycles. The van der Waals surface area contributed by atoms with E-state index in [1.807, 2.05) is 6.92 Å². The Morgan fingerprint density at radius 3 is 2.89 bits per heavy atom. The average molecular weight is 264 g/mol. The van der Waals surface area contributed by atoms with Crippen LogP contribution >= 0.6 is 11.3 Å². The van der Waals surface area contributed by atoms with Crippen LogP contribution in [0.25, 0.3) is 0 Å². The first-order valence-electron chi connectivity index (χ1n) is 5.36. The van der Waals surface area contributed by atoms with Crippen LogP contribution in [0.15, 0.2) is 12.4 Å². The number of carbonyl (C=O) groups excluding carboxylic acids is 1. The Labute approximate surface area is 108 Å². The molecule has 0 aliphatic heterocycles. The SMILES string of the molecule is CCc1nnc(NC(=O)c2cncc(NC)n2)s1. The van der Waals surface area contributed by atoms with Crippen molar-refractivity contribution in [3.05, 3.63) is 23.1 Å². The molecule has 0 bridgehead atoms. The average Bonchev–Trinajstić information content (AvgIpc) is 2.86. The van der Waals surface area contributed by atoms with Crippen molar-refractivity contribution in [1.29, 1.82) is 0 Å². The second kappa shape index (κ2) is 5.50. The van der Waals surface area contributed by atoms with Gasteiger partial charge in [0.1, 0.15) is 16.5 Å². The van der Waals surface area contributed by atoms with Gasteiger partial charge in [0.25, 0.3) is 5.91 Å². The van der Waals surface area contributed by atoms with Crippen LogP contribution < -0.4 is 10.6 Å². The van der Waals surface area contributed by atoms with E-state index in [9.17, 15) is 4.79 Å². The minimum atomic E-state index is -0.349. The van der Waals surface area contributed by atoms with E-state index in [4.69, 9.17) is 0 Å². The van der Waals surface area contributed by atoms with Gasteiger partial charge in [0.15, 0.2) is 0 Å². The van der Waals surface area contributed by atoms with E-state index in [1.54, 1.807) is 7.05 Å². The number of carbonyl (C=O) groups is 1. The maximum absolute atomic E-state index is 11.9. The summed E-state index contributed by atoms with van der Waals surface area (Å²) >= 11 is 1.35. The number of aryl methyl sites for hydroxylation is 1. The molecule has 94 valence electrons. The number of rotatable bonds is 4. The Bertz CT molecular complexity index is 555. The highest BCUT2D eigenvalue weighted by atomic mass is 32.1. The van der Waals surface area contributed by atoms with Crippen LogP contribution in [0.1, 0.15) is 22.4 Å². The van der Waals surface area contributed by atoms with Crippen LogP contribution in [0.3, 0.4) is 0 Å². The summed E-state index contributed by atoms with van der Waals surface area (Å²) in [5.41, 5.74) is 0.232. The Morgan fingerprint density at radius 2 is 2.22 bits per heavy atom. The molecule has 0 aliphatic carbocycles. The predicted octanol–water partition coefficient (Wildman–Crippen LogP) is 1.18.